The first kappa shape index (κ1) is 14.1. The molecule has 1 aromatic rings. The Labute approximate surface area is 115 Å². The van der Waals surface area contributed by atoms with Crippen LogP contribution in [0.25, 0.3) is 0 Å². The molecule has 0 amide bonds. The summed E-state index contributed by atoms with van der Waals surface area (Å²) in [5.41, 5.74) is 3.85. The smallest absolute Gasteiger partial charge is 0.306 e. The van der Waals surface area contributed by atoms with E-state index in [0.717, 1.165) is 32.2 Å². The minimum absolute atomic E-state index is 0.162. The molecule has 1 aromatic carbocycles. The van der Waals surface area contributed by atoms with Crippen LogP contribution in [0.15, 0.2) is 18.2 Å². The monoisotopic (exact) mass is 261 g/mol. The third-order valence-corrected chi connectivity index (χ3v) is 3.90. The van der Waals surface area contributed by atoms with E-state index in [4.69, 9.17) is 5.11 Å². The van der Waals surface area contributed by atoms with Gasteiger partial charge in [0.25, 0.3) is 0 Å². The van der Waals surface area contributed by atoms with E-state index in [-0.39, 0.29) is 5.92 Å². The molecule has 2 unspecified atom stereocenters. The van der Waals surface area contributed by atoms with Crippen molar-refractivity contribution in [2.75, 3.05) is 0 Å². The molecular weight excluding hydrogens is 238 g/mol. The van der Waals surface area contributed by atoms with E-state index in [1.165, 1.54) is 16.7 Å². The van der Waals surface area contributed by atoms with Crippen LogP contribution in [0.1, 0.15) is 42.4 Å². The van der Waals surface area contributed by atoms with Crippen molar-refractivity contribution < 1.29 is 9.90 Å². The van der Waals surface area contributed by atoms with Gasteiger partial charge in [-0.3, -0.25) is 4.79 Å². The molecule has 0 aliphatic heterocycles. The number of carboxylic acid groups (broad SMARTS) is 1. The summed E-state index contributed by atoms with van der Waals surface area (Å²) in [6.07, 6.45) is 3.70. The lowest BCUT2D eigenvalue weighted by Gasteiger charge is -2.27. The molecule has 0 spiro atoms. The fourth-order valence-corrected chi connectivity index (χ4v) is 3.03. The van der Waals surface area contributed by atoms with Gasteiger partial charge in [-0.05, 0) is 38.7 Å². The molecule has 2 N–H and O–H groups in total. The molecule has 1 aliphatic rings. The Morgan fingerprint density at radius 1 is 1.26 bits per heavy atom. The van der Waals surface area contributed by atoms with Crippen molar-refractivity contribution in [3.63, 3.8) is 0 Å². The second kappa shape index (κ2) is 6.20. The Kier molecular flexibility index (Phi) is 4.59. The standard InChI is InChI=1S/C16H23NO2/c1-11-6-12(2)8-13(7-11)10-17-15-5-3-4-14(9-15)16(18)19/h6-8,14-15,17H,3-5,9-10H2,1-2H3,(H,18,19). The van der Waals surface area contributed by atoms with E-state index in [1.807, 2.05) is 0 Å². The lowest BCUT2D eigenvalue weighted by atomic mass is 9.85. The van der Waals surface area contributed by atoms with Crippen LogP contribution < -0.4 is 5.32 Å². The van der Waals surface area contributed by atoms with E-state index >= 15 is 0 Å². The maximum atomic E-state index is 11.0. The first-order valence-electron chi connectivity index (χ1n) is 7.08. The number of hydrogen-bond donors (Lipinski definition) is 2. The summed E-state index contributed by atoms with van der Waals surface area (Å²) in [7, 11) is 0. The number of aryl methyl sites for hydroxylation is 2. The van der Waals surface area contributed by atoms with Crippen molar-refractivity contribution in [1.82, 2.24) is 5.32 Å². The molecule has 104 valence electrons. The number of carboxylic acids is 1. The molecule has 0 radical (unpaired) electrons. The Bertz CT molecular complexity index is 436. The SMILES string of the molecule is Cc1cc(C)cc(CNC2CCCC(C(=O)O)C2)c1. The van der Waals surface area contributed by atoms with Crippen LogP contribution >= 0.6 is 0 Å². The molecule has 3 nitrogen and oxygen atoms in total. The Morgan fingerprint density at radius 2 is 1.95 bits per heavy atom. The molecule has 2 atom stereocenters. The predicted molar refractivity (Wildman–Crippen MR) is 76.1 cm³/mol. The topological polar surface area (TPSA) is 49.3 Å². The van der Waals surface area contributed by atoms with Gasteiger partial charge in [0, 0.05) is 12.6 Å². The summed E-state index contributed by atoms with van der Waals surface area (Å²) in [6, 6.07) is 6.90. The first-order valence-corrected chi connectivity index (χ1v) is 7.08. The highest BCUT2D eigenvalue weighted by Crippen LogP contribution is 2.24. The highest BCUT2D eigenvalue weighted by atomic mass is 16.4. The van der Waals surface area contributed by atoms with Gasteiger partial charge in [0.2, 0.25) is 0 Å². The van der Waals surface area contributed by atoms with Gasteiger partial charge in [0.15, 0.2) is 0 Å². The van der Waals surface area contributed by atoms with Gasteiger partial charge in [0.05, 0.1) is 5.92 Å². The van der Waals surface area contributed by atoms with Gasteiger partial charge in [-0.1, -0.05) is 35.7 Å². The summed E-state index contributed by atoms with van der Waals surface area (Å²) in [6.45, 7) is 5.05. The van der Waals surface area contributed by atoms with Gasteiger partial charge in [-0.25, -0.2) is 0 Å². The predicted octanol–water partition coefficient (Wildman–Crippen LogP) is 3.04. The van der Waals surface area contributed by atoms with E-state index in [0.29, 0.717) is 6.04 Å². The van der Waals surface area contributed by atoms with Crippen molar-refractivity contribution in [2.24, 2.45) is 5.92 Å². The van der Waals surface area contributed by atoms with Crippen molar-refractivity contribution >= 4 is 5.97 Å². The zero-order valence-corrected chi connectivity index (χ0v) is 11.8. The molecule has 0 bridgehead atoms. The fraction of sp³-hybridized carbons (Fsp3) is 0.562. The van der Waals surface area contributed by atoms with Crippen molar-refractivity contribution in [3.8, 4) is 0 Å². The quantitative estimate of drug-likeness (QED) is 0.876. The van der Waals surface area contributed by atoms with Gasteiger partial charge >= 0.3 is 5.97 Å². The minimum atomic E-state index is -0.641. The van der Waals surface area contributed by atoms with Crippen LogP contribution in [0.4, 0.5) is 0 Å². The number of aliphatic carboxylic acids is 1. The number of carbonyl (C=O) groups is 1. The second-order valence-corrected chi connectivity index (χ2v) is 5.78. The van der Waals surface area contributed by atoms with Crippen LogP contribution in [-0.2, 0) is 11.3 Å². The Hall–Kier alpha value is -1.35. The Balaban J connectivity index is 1.89. The third-order valence-electron chi connectivity index (χ3n) is 3.90. The normalized spacial score (nSPS) is 23.3. The maximum absolute atomic E-state index is 11.0. The third kappa shape index (κ3) is 4.06. The molecule has 3 heteroatoms. The van der Waals surface area contributed by atoms with E-state index in [1.54, 1.807) is 0 Å². The molecule has 1 saturated carbocycles. The molecule has 2 rings (SSSR count). The van der Waals surface area contributed by atoms with Gasteiger partial charge in [0.1, 0.15) is 0 Å². The van der Waals surface area contributed by atoms with Crippen molar-refractivity contribution in [1.29, 1.82) is 0 Å². The van der Waals surface area contributed by atoms with Crippen molar-refractivity contribution in [3.05, 3.63) is 34.9 Å². The van der Waals surface area contributed by atoms with Crippen LogP contribution in [0.2, 0.25) is 0 Å². The van der Waals surface area contributed by atoms with Crippen LogP contribution in [0.3, 0.4) is 0 Å². The molecule has 1 fully saturated rings. The average molecular weight is 261 g/mol. The van der Waals surface area contributed by atoms with E-state index in [9.17, 15) is 4.79 Å². The average Bonchev–Trinajstić information content (AvgIpc) is 2.35. The minimum Gasteiger partial charge on any atom is -0.481 e. The maximum Gasteiger partial charge on any atom is 0.306 e. The molecule has 0 heterocycles. The number of rotatable bonds is 4. The summed E-state index contributed by atoms with van der Waals surface area (Å²) in [5.74, 6) is -0.802. The number of benzene rings is 1. The summed E-state index contributed by atoms with van der Waals surface area (Å²) in [4.78, 5) is 11.0. The van der Waals surface area contributed by atoms with Crippen LogP contribution in [-0.4, -0.2) is 17.1 Å². The fourth-order valence-electron chi connectivity index (χ4n) is 3.03. The second-order valence-electron chi connectivity index (χ2n) is 5.78. The summed E-state index contributed by atoms with van der Waals surface area (Å²) in [5, 5.41) is 12.6. The lowest BCUT2D eigenvalue weighted by Crippen LogP contribution is -2.36. The highest BCUT2D eigenvalue weighted by Gasteiger charge is 2.26. The lowest BCUT2D eigenvalue weighted by molar-refractivity contribution is -0.143. The largest absolute Gasteiger partial charge is 0.481 e. The highest BCUT2D eigenvalue weighted by molar-refractivity contribution is 5.70. The van der Waals surface area contributed by atoms with Crippen molar-refractivity contribution in [2.45, 2.75) is 52.1 Å². The molecule has 1 aliphatic carbocycles. The van der Waals surface area contributed by atoms with Gasteiger partial charge < -0.3 is 10.4 Å². The molecular formula is C16H23NO2. The summed E-state index contributed by atoms with van der Waals surface area (Å²) >= 11 is 0. The molecule has 0 aromatic heterocycles. The Morgan fingerprint density at radius 3 is 2.58 bits per heavy atom. The zero-order chi connectivity index (χ0) is 13.8. The van der Waals surface area contributed by atoms with E-state index < -0.39 is 5.97 Å². The van der Waals surface area contributed by atoms with Crippen LogP contribution in [0.5, 0.6) is 0 Å². The van der Waals surface area contributed by atoms with E-state index in [2.05, 4.69) is 37.4 Å². The van der Waals surface area contributed by atoms with Crippen LogP contribution in [0, 0.1) is 19.8 Å². The molecule has 0 saturated heterocycles. The van der Waals surface area contributed by atoms with Gasteiger partial charge in [-0.2, -0.15) is 0 Å². The number of hydrogen-bond acceptors (Lipinski definition) is 2. The first-order chi connectivity index (χ1) is 9.04. The zero-order valence-electron chi connectivity index (χ0n) is 11.8. The number of nitrogens with one attached hydrogen (secondary N) is 1. The summed E-state index contributed by atoms with van der Waals surface area (Å²) < 4.78 is 0. The van der Waals surface area contributed by atoms with Gasteiger partial charge in [-0.15, -0.1) is 0 Å². The molecule has 19 heavy (non-hydrogen) atoms.